The minimum absolute atomic E-state index is 1.07. The highest BCUT2D eigenvalue weighted by molar-refractivity contribution is 6.76. The molecule has 0 aliphatic heterocycles. The number of benzene rings is 2. The lowest BCUT2D eigenvalue weighted by Crippen LogP contribution is -2.40. The summed E-state index contributed by atoms with van der Waals surface area (Å²) in [6, 6.07) is 21.1. The van der Waals surface area contributed by atoms with E-state index >= 15 is 0 Å². The minimum Gasteiger partial charge on any atom is -0.410 e. The van der Waals surface area contributed by atoms with Crippen molar-refractivity contribution in [3.05, 3.63) is 77.9 Å². The molecule has 0 saturated heterocycles. The molecule has 0 aliphatic carbocycles. The summed E-state index contributed by atoms with van der Waals surface area (Å²) in [6.07, 6.45) is 2.24. The van der Waals surface area contributed by atoms with E-state index in [1.165, 1.54) is 16.8 Å². The van der Waals surface area contributed by atoms with Crippen LogP contribution in [0.2, 0.25) is 39.3 Å². The molecule has 0 fully saturated rings. The minimum atomic E-state index is -1.60. The van der Waals surface area contributed by atoms with E-state index in [0.29, 0.717) is 0 Å². The van der Waals surface area contributed by atoms with E-state index in [1.807, 2.05) is 0 Å². The van der Waals surface area contributed by atoms with Crippen LogP contribution in [-0.2, 0) is 0 Å². The number of nitrogens with zero attached hydrogens (tertiary/aromatic N) is 1. The zero-order valence-corrected chi connectivity index (χ0v) is 18.3. The second kappa shape index (κ2) is 7.98. The van der Waals surface area contributed by atoms with Crippen LogP contribution in [0.25, 0.3) is 5.70 Å². The summed E-state index contributed by atoms with van der Waals surface area (Å²) in [6.45, 7) is 13.8. The Kier molecular flexibility index (Phi) is 6.19. The molecule has 0 saturated carbocycles. The standard InChI is InChI=1S/C21H30N2Si2/c1-24(2,3)22-20(18-13-9-7-10-14-18)17-21(23-25(4,5)6)19-15-11-8-12-16-19/h7-17,22H,1-6H3/b20-17-,23-21-. The van der Waals surface area contributed by atoms with Crippen molar-refractivity contribution in [2.24, 2.45) is 4.66 Å². The SMILES string of the molecule is C[Si](C)(C)/N=C(/C=C(\N[Si](C)(C)C)c1ccccc1)c1ccccc1. The number of allylic oxidation sites excluding steroid dienone is 1. The molecule has 0 unspecified atom stereocenters. The predicted octanol–water partition coefficient (Wildman–Crippen LogP) is 5.78. The van der Waals surface area contributed by atoms with Crippen molar-refractivity contribution in [1.82, 2.24) is 4.98 Å². The average molecular weight is 367 g/mol. The number of rotatable bonds is 6. The summed E-state index contributed by atoms with van der Waals surface area (Å²) in [5, 5.41) is 0. The molecule has 0 aromatic heterocycles. The van der Waals surface area contributed by atoms with Gasteiger partial charge in [-0.2, -0.15) is 0 Å². The highest BCUT2D eigenvalue weighted by Gasteiger charge is 2.18. The molecule has 2 rings (SSSR count). The molecule has 132 valence electrons. The smallest absolute Gasteiger partial charge is 0.173 e. The van der Waals surface area contributed by atoms with Crippen LogP contribution < -0.4 is 4.98 Å². The molecule has 25 heavy (non-hydrogen) atoms. The third-order valence-corrected chi connectivity index (χ3v) is 5.33. The van der Waals surface area contributed by atoms with Crippen LogP contribution in [0.1, 0.15) is 11.1 Å². The second-order valence-electron chi connectivity index (χ2n) is 8.33. The van der Waals surface area contributed by atoms with E-state index in [9.17, 15) is 0 Å². The first-order valence-corrected chi connectivity index (χ1v) is 15.8. The summed E-state index contributed by atoms with van der Waals surface area (Å²) in [7, 11) is -3.09. The van der Waals surface area contributed by atoms with Crippen molar-refractivity contribution in [2.75, 3.05) is 0 Å². The van der Waals surface area contributed by atoms with E-state index in [0.717, 1.165) is 5.71 Å². The molecule has 0 atom stereocenters. The number of hydrogen-bond acceptors (Lipinski definition) is 2. The Balaban J connectivity index is 2.57. The molecular weight excluding hydrogens is 336 g/mol. The van der Waals surface area contributed by atoms with Crippen LogP contribution in [0, 0.1) is 0 Å². The Morgan fingerprint density at radius 3 is 1.68 bits per heavy atom. The molecule has 0 bridgehead atoms. The first-order valence-electron chi connectivity index (χ1n) is 8.85. The fourth-order valence-corrected chi connectivity index (χ4v) is 4.44. The number of nitrogens with one attached hydrogen (secondary N) is 1. The van der Waals surface area contributed by atoms with Crippen molar-refractivity contribution in [3.8, 4) is 0 Å². The van der Waals surface area contributed by atoms with E-state index in [2.05, 4.69) is 111 Å². The van der Waals surface area contributed by atoms with E-state index < -0.39 is 16.5 Å². The van der Waals surface area contributed by atoms with Gasteiger partial charge < -0.3 is 9.64 Å². The third kappa shape index (κ3) is 6.84. The van der Waals surface area contributed by atoms with Gasteiger partial charge in [-0.25, -0.2) is 0 Å². The molecule has 0 radical (unpaired) electrons. The molecule has 2 aromatic carbocycles. The van der Waals surface area contributed by atoms with E-state index in [-0.39, 0.29) is 0 Å². The van der Waals surface area contributed by atoms with Gasteiger partial charge in [0.05, 0.1) is 5.71 Å². The highest BCUT2D eigenvalue weighted by atomic mass is 28.3. The molecule has 4 heteroatoms. The van der Waals surface area contributed by atoms with Crippen molar-refractivity contribution in [1.29, 1.82) is 0 Å². The Bertz CT molecular complexity index is 737. The normalized spacial score (nSPS) is 13.7. The molecule has 0 amide bonds. The fourth-order valence-electron chi connectivity index (χ4n) is 2.50. The second-order valence-corrected chi connectivity index (χ2v) is 17.6. The Morgan fingerprint density at radius 2 is 1.24 bits per heavy atom. The summed E-state index contributed by atoms with van der Waals surface area (Å²) in [5.74, 6) is 0. The van der Waals surface area contributed by atoms with E-state index in [1.54, 1.807) is 0 Å². The largest absolute Gasteiger partial charge is 0.410 e. The van der Waals surface area contributed by atoms with Crippen molar-refractivity contribution in [2.45, 2.75) is 39.3 Å². The summed E-state index contributed by atoms with van der Waals surface area (Å²) in [5.41, 5.74) is 4.63. The van der Waals surface area contributed by atoms with Gasteiger partial charge in [0.2, 0.25) is 0 Å². The first-order chi connectivity index (χ1) is 11.6. The topological polar surface area (TPSA) is 24.4 Å². The third-order valence-electron chi connectivity index (χ3n) is 3.40. The van der Waals surface area contributed by atoms with Crippen molar-refractivity contribution < 1.29 is 0 Å². The van der Waals surface area contributed by atoms with Gasteiger partial charge in [0.25, 0.3) is 0 Å². The maximum absolute atomic E-state index is 5.13. The van der Waals surface area contributed by atoms with Crippen LogP contribution in [0.5, 0.6) is 0 Å². The van der Waals surface area contributed by atoms with Gasteiger partial charge in [-0.15, -0.1) is 0 Å². The van der Waals surface area contributed by atoms with Crippen LogP contribution in [0.4, 0.5) is 0 Å². The lowest BCUT2D eigenvalue weighted by Gasteiger charge is -2.23. The maximum atomic E-state index is 5.13. The zero-order valence-electron chi connectivity index (χ0n) is 16.3. The summed E-state index contributed by atoms with van der Waals surface area (Å²) >= 11 is 0. The molecule has 0 spiro atoms. The van der Waals surface area contributed by atoms with Crippen LogP contribution in [0.15, 0.2) is 71.4 Å². The fraction of sp³-hybridized carbons (Fsp3) is 0.286. The molecule has 2 aromatic rings. The maximum Gasteiger partial charge on any atom is 0.173 e. The van der Waals surface area contributed by atoms with Gasteiger partial charge in [-0.3, -0.25) is 0 Å². The number of hydrogen-bond donors (Lipinski definition) is 1. The van der Waals surface area contributed by atoms with Crippen LogP contribution >= 0.6 is 0 Å². The highest BCUT2D eigenvalue weighted by Crippen LogP contribution is 2.18. The molecule has 0 heterocycles. The molecule has 2 nitrogen and oxygen atoms in total. The lowest BCUT2D eigenvalue weighted by molar-refractivity contribution is 1.27. The first kappa shape index (κ1) is 19.4. The average Bonchev–Trinajstić information content (AvgIpc) is 2.53. The van der Waals surface area contributed by atoms with Crippen molar-refractivity contribution >= 4 is 27.9 Å². The molecule has 1 N–H and O–H groups in total. The van der Waals surface area contributed by atoms with Crippen LogP contribution in [-0.4, -0.2) is 22.2 Å². The summed E-state index contributed by atoms with van der Waals surface area (Å²) < 4.78 is 5.13. The van der Waals surface area contributed by atoms with Gasteiger partial charge in [0.1, 0.15) is 8.24 Å². The summed E-state index contributed by atoms with van der Waals surface area (Å²) in [4.78, 5) is 3.79. The Hall–Kier alpha value is -1.92. The van der Waals surface area contributed by atoms with Gasteiger partial charge in [0.15, 0.2) is 8.24 Å². The van der Waals surface area contributed by atoms with Gasteiger partial charge in [-0.1, -0.05) is 80.3 Å². The molecular formula is C21H30N2Si2. The predicted molar refractivity (Wildman–Crippen MR) is 117 cm³/mol. The molecule has 0 aliphatic rings. The zero-order chi connectivity index (χ0) is 18.5. The Morgan fingerprint density at radius 1 is 0.760 bits per heavy atom. The monoisotopic (exact) mass is 366 g/mol. The van der Waals surface area contributed by atoms with Crippen molar-refractivity contribution in [3.63, 3.8) is 0 Å². The Labute approximate surface area is 154 Å². The van der Waals surface area contributed by atoms with Gasteiger partial charge in [-0.05, 0) is 36.8 Å². The van der Waals surface area contributed by atoms with Gasteiger partial charge >= 0.3 is 0 Å². The van der Waals surface area contributed by atoms with Crippen LogP contribution in [0.3, 0.4) is 0 Å². The quantitative estimate of drug-likeness (QED) is 0.509. The van der Waals surface area contributed by atoms with Gasteiger partial charge in [0, 0.05) is 5.70 Å². The van der Waals surface area contributed by atoms with E-state index in [4.69, 9.17) is 4.66 Å². The lowest BCUT2D eigenvalue weighted by atomic mass is 10.1.